The number of aliphatic hydroxyl groups is 3. The molecule has 0 saturated carbocycles. The summed E-state index contributed by atoms with van der Waals surface area (Å²) in [5.41, 5.74) is 0. The number of rotatable bonds is 6. The number of hydrogen-bond donors (Lipinski definition) is 17. The zero-order valence-corrected chi connectivity index (χ0v) is 18.6. The van der Waals surface area contributed by atoms with Crippen LogP contribution in [-0.2, 0) is 0 Å². The minimum absolute atomic E-state index is 0. The van der Waals surface area contributed by atoms with Gasteiger partial charge < -0.3 is 90.7 Å². The van der Waals surface area contributed by atoms with Crippen molar-refractivity contribution in [2.24, 2.45) is 0 Å². The van der Waals surface area contributed by atoms with Crippen molar-refractivity contribution in [1.82, 2.24) is 4.90 Å². The van der Waals surface area contributed by atoms with Crippen molar-refractivity contribution in [3.63, 3.8) is 0 Å². The molecular weight excluding hydrogens is 451 g/mol. The van der Waals surface area contributed by atoms with Crippen LogP contribution in [0.1, 0.15) is 0 Å². The van der Waals surface area contributed by atoms with Crippen molar-refractivity contribution in [2.45, 2.75) is 0 Å². The van der Waals surface area contributed by atoms with Crippen LogP contribution in [0.5, 0.6) is 0 Å². The monoisotopic (exact) mass is 481 g/mol. The molecule has 0 aromatic carbocycles. The van der Waals surface area contributed by atoms with Crippen LogP contribution in [-0.4, -0.2) is 167 Å². The maximum Gasteiger partial charge on any atom is 1.00 e. The van der Waals surface area contributed by atoms with Gasteiger partial charge in [0.05, 0.1) is 19.8 Å². The Kier molecular flexibility index (Phi) is 69.8. The molecule has 0 heterocycles. The van der Waals surface area contributed by atoms with E-state index in [-0.39, 0.29) is 49.4 Å². The Hall–Kier alpha value is 0.565. The van der Waals surface area contributed by atoms with Crippen LogP contribution < -0.4 is 34.6 Å². The van der Waals surface area contributed by atoms with Crippen LogP contribution in [0.4, 0.5) is 0 Å². The molecule has 17 N–H and O–H groups in total. The molecule has 0 aliphatic heterocycles. The van der Waals surface area contributed by atoms with Gasteiger partial charge in [-0.25, -0.2) is 0 Å². The molecule has 0 radical (unpaired) electrons. The number of aliphatic hydroxyl groups excluding tert-OH is 3. The summed E-state index contributed by atoms with van der Waals surface area (Å²) in [5.74, 6) is 0. The Labute approximate surface area is 201 Å². The average Bonchev–Trinajstić information content (AvgIpc) is 2.45. The normalized spacial score (nSPS) is 7.84. The molecule has 0 aliphatic carbocycles. The van der Waals surface area contributed by atoms with E-state index in [4.69, 9.17) is 90.7 Å². The summed E-state index contributed by atoms with van der Waals surface area (Å²) < 4.78 is 0. The third-order valence-electron chi connectivity index (χ3n) is 1.25. The van der Waals surface area contributed by atoms with Gasteiger partial charge in [-0.15, -0.1) is 0 Å². The smallest absolute Gasteiger partial charge is 0.832 e. The van der Waals surface area contributed by atoms with E-state index in [2.05, 4.69) is 0 Å². The second-order valence-corrected chi connectivity index (χ2v) is 3.72. The van der Waals surface area contributed by atoms with Gasteiger partial charge in [-0.05, 0) is 0 Å². The van der Waals surface area contributed by atoms with Crippen LogP contribution in [0.25, 0.3) is 0 Å². The van der Waals surface area contributed by atoms with E-state index in [1.807, 2.05) is 0 Å². The third kappa shape index (κ3) is 273. The zero-order valence-electron chi connectivity index (χ0n) is 16.6. The van der Waals surface area contributed by atoms with Crippen molar-refractivity contribution in [3.8, 4) is 0 Å². The summed E-state index contributed by atoms with van der Waals surface area (Å²) >= 11 is 0. The molecule has 25 heteroatoms. The van der Waals surface area contributed by atoms with Gasteiger partial charge in [-0.2, -0.15) is 0 Å². The van der Waals surface area contributed by atoms with Gasteiger partial charge >= 0.3 is 66.2 Å². The first-order valence-electron chi connectivity index (χ1n) is 7.25. The summed E-state index contributed by atoms with van der Waals surface area (Å²) in [7, 11) is -11.1. The fourth-order valence-corrected chi connectivity index (χ4v) is 0.760. The Bertz CT molecular complexity index is 199. The largest absolute Gasteiger partial charge is 1.00 e. The predicted molar refractivity (Wildman–Crippen MR) is 97.5 cm³/mol. The van der Waals surface area contributed by atoms with E-state index in [1.165, 1.54) is 0 Å². The topological polar surface area (TPSA) is 370 Å². The molecule has 0 aromatic rings. The van der Waals surface area contributed by atoms with E-state index in [1.54, 1.807) is 4.90 Å². The molecule has 0 fully saturated rings. The zero-order chi connectivity index (χ0) is 25.7. The van der Waals surface area contributed by atoms with E-state index in [9.17, 15) is 0 Å². The van der Waals surface area contributed by atoms with Crippen LogP contribution in [0.3, 0.4) is 0 Å². The molecule has 0 unspecified atom stereocenters. The minimum atomic E-state index is -2.42. The second kappa shape index (κ2) is 44.3. The molecule has 31 heavy (non-hydrogen) atoms. The van der Waals surface area contributed by atoms with Gasteiger partial charge in [0.2, 0.25) is 0 Å². The molecule has 0 rings (SSSR count). The van der Waals surface area contributed by atoms with Crippen molar-refractivity contribution in [3.05, 3.63) is 0 Å². The van der Waals surface area contributed by atoms with Gasteiger partial charge in [0.25, 0.3) is 0 Å². The number of nitrogens with zero attached hydrogens (tertiary/aromatic N) is 1. The van der Waals surface area contributed by atoms with Gasteiger partial charge in [0, 0.05) is 19.6 Å². The SMILES string of the molecule is OB(O)O.OB(O)O.OB(O)O.OB(O)O.OCCN(CCO)CCO.[Na+].[O-]B(O)O. The van der Waals surface area contributed by atoms with E-state index >= 15 is 0 Å². The predicted octanol–water partition coefficient (Wildman–Crippen LogP) is -15.6. The Morgan fingerprint density at radius 2 is 0.548 bits per heavy atom. The fraction of sp³-hybridized carbons (Fsp3) is 1.00. The Morgan fingerprint density at radius 1 is 0.452 bits per heavy atom. The maximum absolute atomic E-state index is 8.64. The van der Waals surface area contributed by atoms with Gasteiger partial charge in [0.15, 0.2) is 0 Å². The summed E-state index contributed by atoms with van der Waals surface area (Å²) in [6, 6.07) is 0. The van der Waals surface area contributed by atoms with Crippen molar-refractivity contribution >= 4 is 36.6 Å². The fourth-order valence-electron chi connectivity index (χ4n) is 0.760. The molecule has 0 aromatic heterocycles. The Balaban J connectivity index is -0.0000000472. The molecular formula is C6H29B5NNaO18. The first kappa shape index (κ1) is 48.9. The van der Waals surface area contributed by atoms with Gasteiger partial charge in [0.1, 0.15) is 0 Å². The average molecular weight is 480 g/mol. The summed E-state index contributed by atoms with van der Waals surface area (Å²) in [4.78, 5) is 1.79. The minimum Gasteiger partial charge on any atom is -0.832 e. The molecule has 0 amide bonds. The quantitative estimate of drug-likeness (QED) is 0.157. The molecule has 0 bridgehead atoms. The second-order valence-electron chi connectivity index (χ2n) is 3.72. The van der Waals surface area contributed by atoms with Crippen molar-refractivity contribution in [1.29, 1.82) is 0 Å². The number of hydrogen-bond acceptors (Lipinski definition) is 19. The van der Waals surface area contributed by atoms with Crippen LogP contribution in [0.15, 0.2) is 0 Å². The molecule has 0 spiro atoms. The van der Waals surface area contributed by atoms with Crippen molar-refractivity contribution < 1.29 is 120 Å². The van der Waals surface area contributed by atoms with Crippen LogP contribution >= 0.6 is 0 Å². The van der Waals surface area contributed by atoms with Gasteiger partial charge in [-0.1, -0.05) is 0 Å². The first-order valence-corrected chi connectivity index (χ1v) is 7.25. The summed E-state index contributed by atoms with van der Waals surface area (Å²) in [6.07, 6.45) is 0. The van der Waals surface area contributed by atoms with Gasteiger partial charge in [-0.3, -0.25) is 4.90 Å². The van der Waals surface area contributed by atoms with E-state index < -0.39 is 36.6 Å². The molecule has 19 nitrogen and oxygen atoms in total. The molecule has 182 valence electrons. The third-order valence-corrected chi connectivity index (χ3v) is 1.25. The Morgan fingerprint density at radius 3 is 0.613 bits per heavy atom. The molecule has 0 saturated heterocycles. The van der Waals surface area contributed by atoms with E-state index in [0.717, 1.165) is 0 Å². The maximum atomic E-state index is 8.64. The summed E-state index contributed by atoms with van der Waals surface area (Å²) in [6.45, 7) is 1.75. The summed E-state index contributed by atoms with van der Waals surface area (Å²) in [5, 5.41) is 134. The van der Waals surface area contributed by atoms with Crippen molar-refractivity contribution in [2.75, 3.05) is 39.5 Å². The standard InChI is InChI=1S/C6H15NO3.4BH3O3.BH2O3.Na/c8-4-1-7(2-5-9)3-6-10;5*2-1(3)4;/h8-10H,1-6H2;4*2-4H;2-3H;/q;;;;;-1;+1. The molecule has 0 aliphatic rings. The van der Waals surface area contributed by atoms with Crippen LogP contribution in [0.2, 0.25) is 0 Å². The first-order chi connectivity index (χ1) is 13.5. The molecule has 0 atom stereocenters. The van der Waals surface area contributed by atoms with E-state index in [0.29, 0.717) is 19.6 Å². The van der Waals surface area contributed by atoms with Crippen LogP contribution in [0, 0.1) is 0 Å².